The minimum Gasteiger partial charge on any atom is -0.452 e. The Bertz CT molecular complexity index is 459. The highest BCUT2D eigenvalue weighted by Crippen LogP contribution is 2.49. The van der Waals surface area contributed by atoms with Gasteiger partial charge in [0, 0.05) is 6.26 Å². The molecule has 6 heteroatoms. The SMILES string of the molecule is CSOCc1nc(C2(OC(=O)C(C)(C)C)CC2)co1. The third-order valence-corrected chi connectivity index (χ3v) is 3.28. The standard InChI is InChI=1S/C13H19NO4S/c1-12(2,3)11(15)18-13(5-6-13)9-7-16-10(14-9)8-17-19-4/h7H,5-6,8H2,1-4H3. The van der Waals surface area contributed by atoms with Crippen LogP contribution in [0.15, 0.2) is 10.7 Å². The summed E-state index contributed by atoms with van der Waals surface area (Å²) >= 11 is 1.26. The minimum atomic E-state index is -0.578. The Morgan fingerprint density at radius 1 is 1.53 bits per heavy atom. The normalized spacial score (nSPS) is 17.3. The maximum Gasteiger partial charge on any atom is 0.312 e. The number of aromatic nitrogens is 1. The van der Waals surface area contributed by atoms with Gasteiger partial charge in [-0.1, -0.05) is 0 Å². The van der Waals surface area contributed by atoms with Crippen molar-refractivity contribution in [2.24, 2.45) is 5.41 Å². The second-order valence-electron chi connectivity index (χ2n) is 5.69. The lowest BCUT2D eigenvalue weighted by Gasteiger charge is -2.21. The lowest BCUT2D eigenvalue weighted by molar-refractivity contribution is -0.161. The summed E-state index contributed by atoms with van der Waals surface area (Å²) in [4.78, 5) is 16.3. The highest BCUT2D eigenvalue weighted by molar-refractivity contribution is 7.93. The molecule has 1 aliphatic carbocycles. The minimum absolute atomic E-state index is 0.213. The molecule has 0 atom stereocenters. The van der Waals surface area contributed by atoms with Crippen molar-refractivity contribution >= 4 is 18.0 Å². The highest BCUT2D eigenvalue weighted by Gasteiger charge is 2.52. The van der Waals surface area contributed by atoms with Gasteiger partial charge in [0.25, 0.3) is 0 Å². The van der Waals surface area contributed by atoms with Gasteiger partial charge >= 0.3 is 5.97 Å². The van der Waals surface area contributed by atoms with Crippen LogP contribution in [0.25, 0.3) is 0 Å². The number of nitrogens with zero attached hydrogens (tertiary/aromatic N) is 1. The predicted molar refractivity (Wildman–Crippen MR) is 71.3 cm³/mol. The Morgan fingerprint density at radius 2 is 2.21 bits per heavy atom. The first-order chi connectivity index (χ1) is 8.87. The van der Waals surface area contributed by atoms with Gasteiger partial charge in [0.05, 0.1) is 5.41 Å². The summed E-state index contributed by atoms with van der Waals surface area (Å²) in [5.41, 5.74) is -0.403. The monoisotopic (exact) mass is 285 g/mol. The molecular formula is C13H19NO4S. The maximum atomic E-state index is 12.0. The van der Waals surface area contributed by atoms with Crippen LogP contribution in [0.3, 0.4) is 0 Å². The third kappa shape index (κ3) is 3.30. The Morgan fingerprint density at radius 3 is 2.74 bits per heavy atom. The highest BCUT2D eigenvalue weighted by atomic mass is 32.2. The van der Waals surface area contributed by atoms with Gasteiger partial charge in [0.2, 0.25) is 5.89 Å². The molecule has 0 saturated heterocycles. The van der Waals surface area contributed by atoms with Crippen molar-refractivity contribution < 1.29 is 18.1 Å². The zero-order valence-electron chi connectivity index (χ0n) is 11.7. The Labute approximate surface area is 117 Å². The lowest BCUT2D eigenvalue weighted by atomic mass is 9.97. The van der Waals surface area contributed by atoms with E-state index in [0.717, 1.165) is 12.8 Å². The molecule has 0 spiro atoms. The molecule has 0 radical (unpaired) electrons. The van der Waals surface area contributed by atoms with E-state index in [1.807, 2.05) is 27.0 Å². The number of carbonyl (C=O) groups excluding carboxylic acids is 1. The van der Waals surface area contributed by atoms with Gasteiger partial charge in [0.1, 0.15) is 18.6 Å². The van der Waals surface area contributed by atoms with E-state index in [-0.39, 0.29) is 5.97 Å². The van der Waals surface area contributed by atoms with Crippen LogP contribution in [-0.2, 0) is 25.9 Å². The smallest absolute Gasteiger partial charge is 0.312 e. The fraction of sp³-hybridized carbons (Fsp3) is 0.692. The number of esters is 1. The van der Waals surface area contributed by atoms with E-state index < -0.39 is 11.0 Å². The molecule has 0 N–H and O–H groups in total. The molecule has 0 unspecified atom stereocenters. The average molecular weight is 285 g/mol. The van der Waals surface area contributed by atoms with Gasteiger partial charge < -0.3 is 13.3 Å². The van der Waals surface area contributed by atoms with Crippen molar-refractivity contribution in [3.8, 4) is 0 Å². The molecule has 0 aromatic carbocycles. The van der Waals surface area contributed by atoms with Crippen LogP contribution in [-0.4, -0.2) is 17.2 Å². The van der Waals surface area contributed by atoms with Crippen molar-refractivity contribution in [1.82, 2.24) is 4.98 Å². The van der Waals surface area contributed by atoms with Gasteiger partial charge in [-0.25, -0.2) is 4.98 Å². The van der Waals surface area contributed by atoms with E-state index in [1.165, 1.54) is 12.0 Å². The van der Waals surface area contributed by atoms with Crippen molar-refractivity contribution in [3.63, 3.8) is 0 Å². The topological polar surface area (TPSA) is 61.6 Å². The molecule has 1 heterocycles. The van der Waals surface area contributed by atoms with Crippen LogP contribution in [0.5, 0.6) is 0 Å². The summed E-state index contributed by atoms with van der Waals surface area (Å²) < 4.78 is 16.1. The van der Waals surface area contributed by atoms with Gasteiger partial charge in [-0.05, 0) is 45.7 Å². The van der Waals surface area contributed by atoms with Gasteiger partial charge in [0.15, 0.2) is 5.60 Å². The first-order valence-corrected chi connectivity index (χ1v) is 7.36. The Hall–Kier alpha value is -1.01. The zero-order valence-corrected chi connectivity index (χ0v) is 12.5. The fourth-order valence-electron chi connectivity index (χ4n) is 1.55. The van der Waals surface area contributed by atoms with Crippen LogP contribution in [0.2, 0.25) is 0 Å². The van der Waals surface area contributed by atoms with E-state index in [4.69, 9.17) is 13.3 Å². The molecular weight excluding hydrogens is 266 g/mol. The first-order valence-electron chi connectivity index (χ1n) is 6.21. The molecule has 19 heavy (non-hydrogen) atoms. The maximum absolute atomic E-state index is 12.0. The third-order valence-electron chi connectivity index (χ3n) is 2.92. The number of rotatable bonds is 5. The van der Waals surface area contributed by atoms with Crippen LogP contribution < -0.4 is 0 Å². The van der Waals surface area contributed by atoms with Gasteiger partial charge in [-0.2, -0.15) is 0 Å². The summed E-state index contributed by atoms with van der Waals surface area (Å²) in [6, 6.07) is 0. The Balaban J connectivity index is 2.04. The van der Waals surface area contributed by atoms with E-state index in [9.17, 15) is 4.79 Å². The van der Waals surface area contributed by atoms with Crippen molar-refractivity contribution in [1.29, 1.82) is 0 Å². The van der Waals surface area contributed by atoms with E-state index >= 15 is 0 Å². The number of hydrogen-bond acceptors (Lipinski definition) is 6. The Kier molecular flexibility index (Phi) is 3.92. The molecule has 2 rings (SSSR count). The fourth-order valence-corrected chi connectivity index (χ4v) is 1.77. The average Bonchev–Trinajstić information content (AvgIpc) is 2.95. The number of carbonyl (C=O) groups is 1. The molecule has 1 aromatic heterocycles. The van der Waals surface area contributed by atoms with Gasteiger partial charge in [-0.15, -0.1) is 0 Å². The van der Waals surface area contributed by atoms with Crippen molar-refractivity contribution in [3.05, 3.63) is 17.8 Å². The summed E-state index contributed by atoms with van der Waals surface area (Å²) in [7, 11) is 0. The largest absolute Gasteiger partial charge is 0.452 e. The van der Waals surface area contributed by atoms with Crippen LogP contribution in [0.4, 0.5) is 0 Å². The summed E-state index contributed by atoms with van der Waals surface area (Å²) in [6.45, 7) is 5.83. The quantitative estimate of drug-likeness (QED) is 0.612. The molecule has 0 amide bonds. The second kappa shape index (κ2) is 5.17. The molecule has 1 fully saturated rings. The van der Waals surface area contributed by atoms with E-state index in [0.29, 0.717) is 18.2 Å². The van der Waals surface area contributed by atoms with E-state index in [1.54, 1.807) is 6.26 Å². The molecule has 1 aliphatic rings. The second-order valence-corrected chi connectivity index (χ2v) is 6.26. The zero-order chi connectivity index (χ0) is 14.1. The van der Waals surface area contributed by atoms with Crippen LogP contribution in [0.1, 0.15) is 45.2 Å². The summed E-state index contributed by atoms with van der Waals surface area (Å²) in [5, 5.41) is 0. The van der Waals surface area contributed by atoms with Gasteiger partial charge in [-0.3, -0.25) is 4.79 Å². The van der Waals surface area contributed by atoms with Crippen LogP contribution in [0, 0.1) is 5.41 Å². The molecule has 0 bridgehead atoms. The molecule has 106 valence electrons. The summed E-state index contributed by atoms with van der Waals surface area (Å²) in [5.74, 6) is 0.289. The number of oxazole rings is 1. The molecule has 0 aliphatic heterocycles. The van der Waals surface area contributed by atoms with E-state index in [2.05, 4.69) is 4.98 Å². The summed E-state index contributed by atoms with van der Waals surface area (Å²) in [6.07, 6.45) is 4.98. The van der Waals surface area contributed by atoms with Crippen LogP contribution >= 0.6 is 12.0 Å². The number of ether oxygens (including phenoxy) is 1. The van der Waals surface area contributed by atoms with Crippen molar-refractivity contribution in [2.75, 3.05) is 6.26 Å². The molecule has 5 nitrogen and oxygen atoms in total. The molecule has 1 saturated carbocycles. The first kappa shape index (κ1) is 14.4. The predicted octanol–water partition coefficient (Wildman–Crippen LogP) is 3.05. The lowest BCUT2D eigenvalue weighted by Crippen LogP contribution is -2.28. The molecule has 1 aromatic rings. The number of hydrogen-bond donors (Lipinski definition) is 0. The van der Waals surface area contributed by atoms with Crippen molar-refractivity contribution in [2.45, 2.75) is 45.8 Å².